The molecule has 2 N–H and O–H groups in total. The minimum absolute atomic E-state index is 0.107. The van der Waals surface area contributed by atoms with E-state index in [1.165, 1.54) is 11.1 Å². The Hall–Kier alpha value is -2.96. The molecule has 0 amide bonds. The van der Waals surface area contributed by atoms with Crippen LogP contribution in [0.15, 0.2) is 54.9 Å². The molecule has 2 aromatic heterocycles. The number of rotatable bonds is 3. The van der Waals surface area contributed by atoms with E-state index >= 15 is 0 Å². The van der Waals surface area contributed by atoms with Crippen LogP contribution >= 0.6 is 11.6 Å². The van der Waals surface area contributed by atoms with E-state index in [4.69, 9.17) is 27.4 Å². The molecule has 0 unspecified atom stereocenters. The van der Waals surface area contributed by atoms with Gasteiger partial charge in [0.05, 0.1) is 16.1 Å². The Morgan fingerprint density at radius 1 is 1.09 bits per heavy atom. The fourth-order valence-corrected chi connectivity index (χ4v) is 6.04. The van der Waals surface area contributed by atoms with Gasteiger partial charge in [-0.05, 0) is 53.4 Å². The zero-order chi connectivity index (χ0) is 23.4. The molecule has 34 heavy (non-hydrogen) atoms. The second-order valence-corrected chi connectivity index (χ2v) is 10.5. The molecule has 2 aliphatic rings. The largest absolute Gasteiger partial charge is 0.341 e. The lowest BCUT2D eigenvalue weighted by Crippen LogP contribution is -2.44. The fraction of sp³-hybridized carbons (Fsp3) is 0.370. The molecule has 6 nitrogen and oxygen atoms in total. The quantitative estimate of drug-likeness (QED) is 0.430. The van der Waals surface area contributed by atoms with Gasteiger partial charge in [-0.25, -0.2) is 9.67 Å². The van der Waals surface area contributed by atoms with E-state index < -0.39 is 0 Å². The average molecular weight is 473 g/mol. The molecule has 0 radical (unpaired) electrons. The lowest BCUT2D eigenvalue weighted by molar-refractivity contribution is 0.187. The molecule has 1 spiro atoms. The number of nitrogens with zero attached hydrogens (tertiary/aromatic N) is 5. The van der Waals surface area contributed by atoms with Crippen LogP contribution in [-0.2, 0) is 6.42 Å². The highest BCUT2D eigenvalue weighted by atomic mass is 35.5. The first kappa shape index (κ1) is 21.6. The normalized spacial score (nSPS) is 19.3. The summed E-state index contributed by atoms with van der Waals surface area (Å²) in [5.74, 6) is 1.07. The summed E-state index contributed by atoms with van der Waals surface area (Å²) in [5.41, 5.74) is 12.4. The third-order valence-corrected chi connectivity index (χ3v) is 8.06. The number of hydrogen-bond donors (Lipinski definition) is 1. The number of halogens is 1. The fourth-order valence-electron chi connectivity index (χ4n) is 5.77. The van der Waals surface area contributed by atoms with Crippen LogP contribution in [0.2, 0.25) is 5.02 Å². The molecule has 1 aliphatic heterocycles. The van der Waals surface area contributed by atoms with Crippen molar-refractivity contribution < 1.29 is 0 Å². The summed E-state index contributed by atoms with van der Waals surface area (Å²) in [6.45, 7) is 6.12. The molecule has 174 valence electrons. The summed E-state index contributed by atoms with van der Waals surface area (Å²) in [6.07, 6.45) is 6.98. The Kier molecular flexibility index (Phi) is 5.12. The molecule has 2 aromatic carbocycles. The third-order valence-electron chi connectivity index (χ3n) is 7.75. The second-order valence-electron chi connectivity index (χ2n) is 10.1. The molecule has 4 aromatic rings. The maximum Gasteiger partial charge on any atom is 0.227 e. The van der Waals surface area contributed by atoms with Crippen LogP contribution < -0.4 is 10.6 Å². The summed E-state index contributed by atoms with van der Waals surface area (Å²) >= 11 is 6.58. The van der Waals surface area contributed by atoms with Crippen molar-refractivity contribution in [3.05, 3.63) is 76.6 Å². The van der Waals surface area contributed by atoms with E-state index in [1.54, 1.807) is 0 Å². The van der Waals surface area contributed by atoms with Crippen molar-refractivity contribution in [3.63, 3.8) is 0 Å². The number of nitrogens with two attached hydrogens (primary N) is 1. The molecule has 1 saturated heterocycles. The van der Waals surface area contributed by atoms with Gasteiger partial charge in [-0.2, -0.15) is 4.98 Å². The zero-order valence-corrected chi connectivity index (χ0v) is 20.3. The number of aromatic nitrogens is 4. The van der Waals surface area contributed by atoms with Crippen molar-refractivity contribution in [3.8, 4) is 5.69 Å². The highest BCUT2D eigenvalue weighted by Gasteiger charge is 2.46. The van der Waals surface area contributed by atoms with E-state index in [0.29, 0.717) is 16.6 Å². The first-order valence-electron chi connectivity index (χ1n) is 12.0. The monoisotopic (exact) mass is 472 g/mol. The Labute approximate surface area is 204 Å². The van der Waals surface area contributed by atoms with Crippen molar-refractivity contribution in [1.29, 1.82) is 0 Å². The Bertz CT molecular complexity index is 1370. The van der Waals surface area contributed by atoms with E-state index in [0.717, 1.165) is 54.9 Å². The molecule has 6 rings (SSSR count). The summed E-state index contributed by atoms with van der Waals surface area (Å²) in [6, 6.07) is 14.7. The van der Waals surface area contributed by atoms with Crippen LogP contribution in [0.1, 0.15) is 55.3 Å². The zero-order valence-electron chi connectivity index (χ0n) is 19.6. The number of piperidine rings is 1. The van der Waals surface area contributed by atoms with Crippen molar-refractivity contribution in [1.82, 2.24) is 19.7 Å². The number of anilines is 1. The van der Waals surface area contributed by atoms with E-state index in [9.17, 15) is 0 Å². The predicted molar refractivity (Wildman–Crippen MR) is 137 cm³/mol. The maximum atomic E-state index is 6.74. The smallest absolute Gasteiger partial charge is 0.227 e. The SMILES string of the molecule is CC(C)c1cccc(Cl)c1-n1cc2cnc(N3CCC4(CC3)Cc3ccccc3[C@H]4N)nc2n1. The van der Waals surface area contributed by atoms with Crippen LogP contribution in [-0.4, -0.2) is 32.8 Å². The average Bonchev–Trinajstić information content (AvgIpc) is 3.38. The van der Waals surface area contributed by atoms with Gasteiger partial charge in [0.2, 0.25) is 5.95 Å². The molecular weight excluding hydrogens is 444 g/mol. The Morgan fingerprint density at radius 2 is 1.88 bits per heavy atom. The van der Waals surface area contributed by atoms with Crippen LogP contribution in [0.25, 0.3) is 16.7 Å². The van der Waals surface area contributed by atoms with Crippen LogP contribution in [0.3, 0.4) is 0 Å². The van der Waals surface area contributed by atoms with Gasteiger partial charge in [-0.3, -0.25) is 0 Å². The van der Waals surface area contributed by atoms with Crippen molar-refractivity contribution in [2.24, 2.45) is 11.1 Å². The summed E-state index contributed by atoms with van der Waals surface area (Å²) in [5, 5.41) is 6.37. The number of benzene rings is 2. The topological polar surface area (TPSA) is 72.9 Å². The van der Waals surface area contributed by atoms with Crippen LogP contribution in [0.5, 0.6) is 0 Å². The first-order valence-corrected chi connectivity index (χ1v) is 12.4. The molecular formula is C27H29ClN6. The van der Waals surface area contributed by atoms with Gasteiger partial charge < -0.3 is 10.6 Å². The van der Waals surface area contributed by atoms with E-state index in [-0.39, 0.29) is 11.5 Å². The Balaban J connectivity index is 1.26. The first-order chi connectivity index (χ1) is 16.4. The Morgan fingerprint density at radius 3 is 2.65 bits per heavy atom. The second kappa shape index (κ2) is 8.07. The molecule has 0 saturated carbocycles. The van der Waals surface area contributed by atoms with Crippen molar-refractivity contribution >= 4 is 28.6 Å². The molecule has 3 heterocycles. The van der Waals surface area contributed by atoms with Crippen molar-refractivity contribution in [2.45, 2.75) is 45.1 Å². The summed E-state index contributed by atoms with van der Waals surface area (Å²) in [4.78, 5) is 11.8. The standard InChI is InChI=1S/C27H29ClN6/c1-17(2)20-8-5-9-22(28)23(20)34-16-19-15-30-26(31-25(19)32-34)33-12-10-27(11-13-33)14-18-6-3-4-7-21(18)24(27)29/h3-9,15-17,24H,10-14,29H2,1-2H3/t24-/m1/s1. The van der Waals surface area contributed by atoms with Crippen LogP contribution in [0.4, 0.5) is 5.95 Å². The minimum atomic E-state index is 0.107. The summed E-state index contributed by atoms with van der Waals surface area (Å²) < 4.78 is 1.85. The van der Waals surface area contributed by atoms with Gasteiger partial charge >= 0.3 is 0 Å². The van der Waals surface area contributed by atoms with Crippen LogP contribution in [0, 0.1) is 5.41 Å². The lowest BCUT2D eigenvalue weighted by atomic mass is 9.73. The predicted octanol–water partition coefficient (Wildman–Crippen LogP) is 5.44. The lowest BCUT2D eigenvalue weighted by Gasteiger charge is -2.42. The highest BCUT2D eigenvalue weighted by Crippen LogP contribution is 2.50. The van der Waals surface area contributed by atoms with Gasteiger partial charge in [0.25, 0.3) is 0 Å². The van der Waals surface area contributed by atoms with Crippen molar-refractivity contribution in [2.75, 3.05) is 18.0 Å². The molecule has 7 heteroatoms. The van der Waals surface area contributed by atoms with E-state index in [2.05, 4.69) is 54.1 Å². The molecule has 1 atom stereocenters. The number of fused-ring (bicyclic) bond motifs is 2. The molecule has 1 fully saturated rings. The highest BCUT2D eigenvalue weighted by molar-refractivity contribution is 6.32. The van der Waals surface area contributed by atoms with Gasteiger partial charge in [-0.1, -0.05) is 61.8 Å². The van der Waals surface area contributed by atoms with Gasteiger partial charge in [-0.15, -0.1) is 5.10 Å². The minimum Gasteiger partial charge on any atom is -0.341 e. The summed E-state index contributed by atoms with van der Waals surface area (Å²) in [7, 11) is 0. The molecule has 0 bridgehead atoms. The maximum absolute atomic E-state index is 6.74. The van der Waals surface area contributed by atoms with Gasteiger partial charge in [0, 0.05) is 31.5 Å². The number of hydrogen-bond acceptors (Lipinski definition) is 5. The van der Waals surface area contributed by atoms with E-state index in [1.807, 2.05) is 29.2 Å². The van der Waals surface area contributed by atoms with Gasteiger partial charge in [0.15, 0.2) is 5.65 Å². The molecule has 1 aliphatic carbocycles. The van der Waals surface area contributed by atoms with Gasteiger partial charge in [0.1, 0.15) is 0 Å². The number of para-hydroxylation sites is 1. The third kappa shape index (κ3) is 3.39.